The summed E-state index contributed by atoms with van der Waals surface area (Å²) in [7, 11) is 0. The van der Waals surface area contributed by atoms with Crippen molar-refractivity contribution >= 4 is 11.9 Å². The summed E-state index contributed by atoms with van der Waals surface area (Å²) in [5.41, 5.74) is 0. The first-order valence-electron chi connectivity index (χ1n) is 28.9. The molecule has 6 nitrogen and oxygen atoms in total. The van der Waals surface area contributed by atoms with Crippen molar-refractivity contribution < 1.29 is 24.5 Å². The summed E-state index contributed by atoms with van der Waals surface area (Å²) >= 11 is 0. The molecule has 0 aliphatic carbocycles. The first-order valence-corrected chi connectivity index (χ1v) is 28.9. The van der Waals surface area contributed by atoms with Crippen LogP contribution in [0.15, 0.2) is 12.2 Å². The number of allylic oxidation sites excluding steroid dienone is 2. The average Bonchev–Trinajstić information content (AvgIpc) is 3.29. The largest absolute Gasteiger partial charge is 0.466 e. The molecule has 0 saturated carbocycles. The monoisotopic (exact) mass is 904 g/mol. The zero-order chi connectivity index (χ0) is 46.5. The van der Waals surface area contributed by atoms with Gasteiger partial charge in [0.15, 0.2) is 0 Å². The molecule has 0 saturated heterocycles. The minimum atomic E-state index is -0.663. The summed E-state index contributed by atoms with van der Waals surface area (Å²) in [6, 6.07) is -0.541. The summed E-state index contributed by atoms with van der Waals surface area (Å²) in [6.07, 6.45) is 63.5. The van der Waals surface area contributed by atoms with Gasteiger partial charge in [-0.15, -0.1) is 0 Å². The van der Waals surface area contributed by atoms with Crippen molar-refractivity contribution in [3.05, 3.63) is 12.2 Å². The fourth-order valence-electron chi connectivity index (χ4n) is 9.11. The quantitative estimate of drug-likeness (QED) is 0.0321. The standard InChI is InChI=1S/C58H113NO5/c1-3-5-7-9-11-13-15-17-27-30-34-38-42-46-50-56(61)55(54-60)59-57(62)51-47-43-39-35-31-28-25-23-21-19-18-20-22-24-26-29-33-37-41-45-49-53-64-58(63)52-48-44-40-36-32-16-14-12-10-8-6-4-2/h12,14,55-56,60-61H,3-11,13,15-54H2,1-2H3,(H,59,62)/b14-12-. The lowest BCUT2D eigenvalue weighted by Gasteiger charge is -2.22. The van der Waals surface area contributed by atoms with Crippen molar-refractivity contribution in [1.82, 2.24) is 5.32 Å². The number of hydrogen-bond donors (Lipinski definition) is 3. The van der Waals surface area contributed by atoms with E-state index in [1.54, 1.807) is 0 Å². The minimum absolute atomic E-state index is 0.00230. The van der Waals surface area contributed by atoms with Gasteiger partial charge in [-0.3, -0.25) is 9.59 Å². The van der Waals surface area contributed by atoms with Crippen molar-refractivity contribution in [2.24, 2.45) is 0 Å². The van der Waals surface area contributed by atoms with E-state index in [4.69, 9.17) is 4.74 Å². The first kappa shape index (κ1) is 62.6. The van der Waals surface area contributed by atoms with E-state index in [0.717, 1.165) is 44.9 Å². The molecule has 2 atom stereocenters. The molecule has 0 aliphatic heterocycles. The molecular formula is C58H113NO5. The van der Waals surface area contributed by atoms with E-state index in [0.29, 0.717) is 25.9 Å². The summed E-state index contributed by atoms with van der Waals surface area (Å²) in [6.45, 7) is 4.94. The van der Waals surface area contributed by atoms with Gasteiger partial charge in [0.1, 0.15) is 0 Å². The van der Waals surface area contributed by atoms with E-state index in [1.165, 1.54) is 244 Å². The van der Waals surface area contributed by atoms with Gasteiger partial charge in [-0.2, -0.15) is 0 Å². The maximum Gasteiger partial charge on any atom is 0.305 e. The Labute approximate surface area is 399 Å². The molecule has 380 valence electrons. The summed E-state index contributed by atoms with van der Waals surface area (Å²) in [5, 5.41) is 23.3. The topological polar surface area (TPSA) is 95.9 Å². The van der Waals surface area contributed by atoms with Crippen LogP contribution in [0.1, 0.15) is 322 Å². The van der Waals surface area contributed by atoms with Gasteiger partial charge in [0, 0.05) is 12.8 Å². The Morgan fingerprint density at radius 3 is 1.14 bits per heavy atom. The number of nitrogens with one attached hydrogen (secondary N) is 1. The third-order valence-corrected chi connectivity index (χ3v) is 13.6. The van der Waals surface area contributed by atoms with Gasteiger partial charge in [-0.1, -0.05) is 270 Å². The van der Waals surface area contributed by atoms with Gasteiger partial charge >= 0.3 is 5.97 Å². The van der Waals surface area contributed by atoms with Crippen LogP contribution in [0, 0.1) is 0 Å². The van der Waals surface area contributed by atoms with Gasteiger partial charge in [0.05, 0.1) is 25.4 Å². The Morgan fingerprint density at radius 1 is 0.422 bits per heavy atom. The van der Waals surface area contributed by atoms with Crippen LogP contribution in [0.25, 0.3) is 0 Å². The number of esters is 1. The highest BCUT2D eigenvalue weighted by Gasteiger charge is 2.20. The molecule has 6 heteroatoms. The fourth-order valence-corrected chi connectivity index (χ4v) is 9.11. The fraction of sp³-hybridized carbons (Fsp3) is 0.931. The molecule has 0 spiro atoms. The van der Waals surface area contributed by atoms with Crippen molar-refractivity contribution in [2.75, 3.05) is 13.2 Å². The van der Waals surface area contributed by atoms with Crippen LogP contribution in [0.4, 0.5) is 0 Å². The Bertz CT molecular complexity index is 955. The van der Waals surface area contributed by atoms with Gasteiger partial charge in [-0.25, -0.2) is 0 Å². The third-order valence-electron chi connectivity index (χ3n) is 13.6. The van der Waals surface area contributed by atoms with Gasteiger partial charge in [0.25, 0.3) is 0 Å². The van der Waals surface area contributed by atoms with Crippen molar-refractivity contribution in [3.8, 4) is 0 Å². The molecule has 3 N–H and O–H groups in total. The lowest BCUT2D eigenvalue weighted by atomic mass is 10.0. The molecule has 1 amide bonds. The lowest BCUT2D eigenvalue weighted by molar-refractivity contribution is -0.143. The van der Waals surface area contributed by atoms with Crippen LogP contribution >= 0.6 is 0 Å². The predicted molar refractivity (Wildman–Crippen MR) is 278 cm³/mol. The van der Waals surface area contributed by atoms with Crippen LogP contribution in [-0.2, 0) is 14.3 Å². The Morgan fingerprint density at radius 2 is 0.734 bits per heavy atom. The van der Waals surface area contributed by atoms with Crippen molar-refractivity contribution in [1.29, 1.82) is 0 Å². The molecule has 2 unspecified atom stereocenters. The van der Waals surface area contributed by atoms with Crippen molar-refractivity contribution in [2.45, 2.75) is 334 Å². The number of carbonyl (C=O) groups is 2. The Kier molecular flexibility index (Phi) is 53.0. The van der Waals surface area contributed by atoms with Crippen LogP contribution in [-0.4, -0.2) is 47.4 Å². The number of hydrogen-bond acceptors (Lipinski definition) is 5. The van der Waals surface area contributed by atoms with Crippen LogP contribution in [0.2, 0.25) is 0 Å². The van der Waals surface area contributed by atoms with Gasteiger partial charge < -0.3 is 20.3 Å². The smallest absolute Gasteiger partial charge is 0.305 e. The zero-order valence-corrected chi connectivity index (χ0v) is 43.3. The molecule has 0 aromatic heterocycles. The molecule has 0 aliphatic rings. The van der Waals surface area contributed by atoms with Crippen LogP contribution < -0.4 is 5.32 Å². The second-order valence-corrected chi connectivity index (χ2v) is 20.0. The van der Waals surface area contributed by atoms with Gasteiger partial charge in [0.2, 0.25) is 5.91 Å². The average molecular weight is 905 g/mol. The SMILES string of the molecule is CCCCC/C=C\CCCCCCCC(=O)OCCCCCCCCCCCCCCCCCCCCCCCC(=O)NC(CO)C(O)CCCCCCCCCCCCCCCC. The summed E-state index contributed by atoms with van der Waals surface area (Å²) in [4.78, 5) is 24.5. The molecule has 64 heavy (non-hydrogen) atoms. The lowest BCUT2D eigenvalue weighted by Crippen LogP contribution is -2.45. The molecule has 0 radical (unpaired) electrons. The van der Waals surface area contributed by atoms with E-state index < -0.39 is 12.1 Å². The number of rotatable bonds is 54. The molecule has 0 heterocycles. The maximum atomic E-state index is 12.5. The first-order chi connectivity index (χ1) is 31.5. The van der Waals surface area contributed by atoms with Crippen LogP contribution in [0.5, 0.6) is 0 Å². The molecule has 0 aromatic rings. The number of unbranched alkanes of at least 4 members (excludes halogenated alkanes) is 41. The predicted octanol–water partition coefficient (Wildman–Crippen LogP) is 17.7. The number of aliphatic hydroxyl groups excluding tert-OH is 2. The highest BCUT2D eigenvalue weighted by atomic mass is 16.5. The molecular weight excluding hydrogens is 791 g/mol. The van der Waals surface area contributed by atoms with E-state index in [2.05, 4.69) is 31.3 Å². The van der Waals surface area contributed by atoms with Crippen LogP contribution in [0.3, 0.4) is 0 Å². The maximum absolute atomic E-state index is 12.5. The highest BCUT2D eigenvalue weighted by molar-refractivity contribution is 5.76. The summed E-state index contributed by atoms with van der Waals surface area (Å²) < 4.78 is 5.46. The number of amides is 1. The molecule has 0 rings (SSSR count). The van der Waals surface area contributed by atoms with Gasteiger partial charge in [-0.05, 0) is 51.4 Å². The number of aliphatic hydroxyl groups is 2. The van der Waals surface area contributed by atoms with Crippen molar-refractivity contribution in [3.63, 3.8) is 0 Å². The third kappa shape index (κ3) is 50.0. The molecule has 0 fully saturated rings. The van der Waals surface area contributed by atoms with E-state index >= 15 is 0 Å². The Hall–Kier alpha value is -1.40. The minimum Gasteiger partial charge on any atom is -0.466 e. The van der Waals surface area contributed by atoms with E-state index in [-0.39, 0.29) is 18.5 Å². The normalized spacial score (nSPS) is 12.6. The van der Waals surface area contributed by atoms with E-state index in [9.17, 15) is 19.8 Å². The second kappa shape index (κ2) is 54.2. The van der Waals surface area contributed by atoms with E-state index in [1.807, 2.05) is 0 Å². The Balaban J connectivity index is 3.38. The second-order valence-electron chi connectivity index (χ2n) is 20.0. The number of ether oxygens (including phenoxy) is 1. The molecule has 0 bridgehead atoms. The summed E-state index contributed by atoms with van der Waals surface area (Å²) in [5.74, 6) is -0.0321. The molecule has 0 aromatic carbocycles. The zero-order valence-electron chi connectivity index (χ0n) is 43.3. The highest BCUT2D eigenvalue weighted by Crippen LogP contribution is 2.18. The number of carbonyl (C=O) groups excluding carboxylic acids is 2.